The topological polar surface area (TPSA) is 105 Å². The Bertz CT molecular complexity index is 816. The monoisotopic (exact) mass is 382 g/mol. The zero-order valence-electron chi connectivity index (χ0n) is 14.2. The number of carbonyl (C=O) groups is 1. The number of nitrogens with one attached hydrogen (secondary N) is 1. The second-order valence-electron chi connectivity index (χ2n) is 5.69. The van der Waals surface area contributed by atoms with Crippen LogP contribution >= 0.6 is 11.3 Å². The zero-order chi connectivity index (χ0) is 18.4. The summed E-state index contributed by atoms with van der Waals surface area (Å²) in [6.45, 7) is 3.37. The molecule has 3 N–H and O–H groups in total. The highest BCUT2D eigenvalue weighted by Crippen LogP contribution is 2.14. The number of primary sulfonamides is 1. The number of amides is 1. The summed E-state index contributed by atoms with van der Waals surface area (Å²) < 4.78 is 22.4. The van der Waals surface area contributed by atoms with Crippen molar-refractivity contribution in [2.45, 2.75) is 31.2 Å². The molecule has 9 heteroatoms. The number of hydrogen-bond acceptors (Lipinski definition) is 6. The van der Waals surface area contributed by atoms with E-state index in [-0.39, 0.29) is 10.8 Å². The van der Waals surface area contributed by atoms with Crippen molar-refractivity contribution in [3.63, 3.8) is 0 Å². The molecule has 0 bridgehead atoms. The minimum absolute atomic E-state index is 0.0138. The van der Waals surface area contributed by atoms with Crippen LogP contribution in [-0.2, 0) is 27.8 Å². The van der Waals surface area contributed by atoms with E-state index in [1.54, 1.807) is 11.3 Å². The van der Waals surface area contributed by atoms with E-state index in [2.05, 4.69) is 17.2 Å². The average molecular weight is 383 g/mol. The first-order valence-corrected chi connectivity index (χ1v) is 10.2. The lowest BCUT2D eigenvalue weighted by atomic mass is 10.3. The molecule has 136 valence electrons. The van der Waals surface area contributed by atoms with Gasteiger partial charge in [-0.25, -0.2) is 18.5 Å². The van der Waals surface area contributed by atoms with E-state index in [0.717, 1.165) is 17.1 Å². The maximum absolute atomic E-state index is 12.0. The number of nitrogens with zero attached hydrogens (tertiary/aromatic N) is 2. The van der Waals surface area contributed by atoms with Crippen LogP contribution in [0.1, 0.15) is 24.0 Å². The lowest BCUT2D eigenvalue weighted by molar-refractivity contribution is -0.116. The fourth-order valence-corrected chi connectivity index (χ4v) is 3.43. The van der Waals surface area contributed by atoms with Gasteiger partial charge in [0, 0.05) is 30.6 Å². The van der Waals surface area contributed by atoms with Gasteiger partial charge >= 0.3 is 0 Å². The number of aromatic nitrogens is 1. The Morgan fingerprint density at radius 3 is 2.56 bits per heavy atom. The smallest absolute Gasteiger partial charge is 0.238 e. The third-order valence-electron chi connectivity index (χ3n) is 3.52. The first-order valence-electron chi connectivity index (χ1n) is 7.82. The fraction of sp³-hybridized carbons (Fsp3) is 0.375. The maximum atomic E-state index is 12.0. The van der Waals surface area contributed by atoms with Gasteiger partial charge in [-0.1, -0.05) is 6.92 Å². The number of sulfonamides is 1. The molecule has 0 spiro atoms. The molecule has 1 aromatic heterocycles. The summed E-state index contributed by atoms with van der Waals surface area (Å²) in [4.78, 5) is 18.6. The van der Waals surface area contributed by atoms with Gasteiger partial charge in [-0.3, -0.25) is 4.79 Å². The molecule has 1 amide bonds. The minimum Gasteiger partial charge on any atom is -0.326 e. The molecule has 2 rings (SSSR count). The Kier molecular flexibility index (Phi) is 6.65. The van der Waals surface area contributed by atoms with E-state index < -0.39 is 10.0 Å². The van der Waals surface area contributed by atoms with Gasteiger partial charge in [-0.15, -0.1) is 11.3 Å². The summed E-state index contributed by atoms with van der Waals surface area (Å²) in [7, 11) is -1.78. The highest BCUT2D eigenvalue weighted by Gasteiger charge is 2.10. The molecule has 0 aliphatic rings. The summed E-state index contributed by atoms with van der Waals surface area (Å²) in [5.41, 5.74) is 1.55. The molecule has 1 aromatic carbocycles. The number of hydrogen-bond donors (Lipinski definition) is 2. The van der Waals surface area contributed by atoms with Crippen molar-refractivity contribution in [1.29, 1.82) is 0 Å². The number of anilines is 1. The Labute approximate surface area is 151 Å². The number of benzene rings is 1. The lowest BCUT2D eigenvalue weighted by Crippen LogP contribution is -2.24. The molecule has 0 aliphatic carbocycles. The number of thiazole rings is 1. The molecule has 7 nitrogen and oxygen atoms in total. The third kappa shape index (κ3) is 6.20. The summed E-state index contributed by atoms with van der Waals surface area (Å²) in [6.07, 6.45) is 1.26. The molecule has 0 radical (unpaired) electrons. The SMILES string of the molecule is CCc1nc(CN(C)CCC(=O)Nc2ccc(S(N)(=O)=O)cc2)cs1. The summed E-state index contributed by atoms with van der Waals surface area (Å²) in [5.74, 6) is -0.136. The molecule has 0 aliphatic heterocycles. The largest absolute Gasteiger partial charge is 0.326 e. The first kappa shape index (κ1) is 19.5. The van der Waals surface area contributed by atoms with Gasteiger partial charge in [0.2, 0.25) is 15.9 Å². The number of aryl methyl sites for hydroxylation is 1. The fourth-order valence-electron chi connectivity index (χ4n) is 2.18. The molecule has 0 fully saturated rings. The standard InChI is InChI=1S/C16H22N4O3S2/c1-3-16-19-13(11-24-16)10-20(2)9-8-15(21)18-12-4-6-14(7-5-12)25(17,22)23/h4-7,11H,3,8-10H2,1-2H3,(H,18,21)(H2,17,22,23). The van der Waals surface area contributed by atoms with Crippen molar-refractivity contribution in [3.8, 4) is 0 Å². The minimum atomic E-state index is -3.72. The number of nitrogens with two attached hydrogens (primary N) is 1. The molecule has 0 saturated heterocycles. The lowest BCUT2D eigenvalue weighted by Gasteiger charge is -2.15. The van der Waals surface area contributed by atoms with Crippen LogP contribution < -0.4 is 10.5 Å². The van der Waals surface area contributed by atoms with E-state index in [1.807, 2.05) is 17.3 Å². The predicted molar refractivity (Wildman–Crippen MR) is 98.9 cm³/mol. The first-order chi connectivity index (χ1) is 11.8. The molecule has 0 atom stereocenters. The number of rotatable bonds is 8. The van der Waals surface area contributed by atoms with Crippen molar-refractivity contribution < 1.29 is 13.2 Å². The van der Waals surface area contributed by atoms with Gasteiger partial charge < -0.3 is 10.2 Å². The quantitative estimate of drug-likeness (QED) is 0.724. The third-order valence-corrected chi connectivity index (χ3v) is 5.49. The van der Waals surface area contributed by atoms with Crippen LogP contribution in [0.25, 0.3) is 0 Å². The highest BCUT2D eigenvalue weighted by atomic mass is 32.2. The molecule has 1 heterocycles. The number of carbonyl (C=O) groups excluding carboxylic acids is 1. The average Bonchev–Trinajstić information content (AvgIpc) is 3.00. The van der Waals surface area contributed by atoms with Gasteiger partial charge in [0.05, 0.1) is 15.6 Å². The van der Waals surface area contributed by atoms with E-state index in [1.165, 1.54) is 24.3 Å². The van der Waals surface area contributed by atoms with Gasteiger partial charge in [-0.05, 0) is 37.7 Å². The Morgan fingerprint density at radius 2 is 2.00 bits per heavy atom. The normalized spacial score (nSPS) is 11.7. The van der Waals surface area contributed by atoms with E-state index in [4.69, 9.17) is 5.14 Å². The Balaban J connectivity index is 1.79. The molecule has 0 unspecified atom stereocenters. The van der Waals surface area contributed by atoms with Crippen molar-refractivity contribution >= 4 is 33.0 Å². The van der Waals surface area contributed by atoms with Gasteiger partial charge in [-0.2, -0.15) is 0 Å². The van der Waals surface area contributed by atoms with Crippen molar-refractivity contribution in [1.82, 2.24) is 9.88 Å². The molecule has 25 heavy (non-hydrogen) atoms. The van der Waals surface area contributed by atoms with Crippen LogP contribution in [0.2, 0.25) is 0 Å². The maximum Gasteiger partial charge on any atom is 0.238 e. The van der Waals surface area contributed by atoms with Crippen LogP contribution in [0.15, 0.2) is 34.5 Å². The van der Waals surface area contributed by atoms with Gasteiger partial charge in [0.15, 0.2) is 0 Å². The van der Waals surface area contributed by atoms with E-state index in [9.17, 15) is 13.2 Å². The molecular formula is C16H22N4O3S2. The molecule has 0 saturated carbocycles. The van der Waals surface area contributed by atoms with Crippen LogP contribution in [-0.4, -0.2) is 37.8 Å². The second kappa shape index (κ2) is 8.52. The van der Waals surface area contributed by atoms with Crippen LogP contribution in [0, 0.1) is 0 Å². The van der Waals surface area contributed by atoms with Gasteiger partial charge in [0.25, 0.3) is 0 Å². The summed E-state index contributed by atoms with van der Waals surface area (Å²) >= 11 is 1.65. The predicted octanol–water partition coefficient (Wildman–Crippen LogP) is 1.81. The molecular weight excluding hydrogens is 360 g/mol. The highest BCUT2D eigenvalue weighted by molar-refractivity contribution is 7.89. The Hall–Kier alpha value is -1.81. The van der Waals surface area contributed by atoms with E-state index in [0.29, 0.717) is 25.2 Å². The Morgan fingerprint density at radius 1 is 1.32 bits per heavy atom. The van der Waals surface area contributed by atoms with Crippen LogP contribution in [0.3, 0.4) is 0 Å². The summed E-state index contributed by atoms with van der Waals surface area (Å²) in [6, 6.07) is 5.76. The zero-order valence-corrected chi connectivity index (χ0v) is 15.9. The van der Waals surface area contributed by atoms with Crippen molar-refractivity contribution in [2.75, 3.05) is 18.9 Å². The van der Waals surface area contributed by atoms with Crippen molar-refractivity contribution in [2.24, 2.45) is 5.14 Å². The molecule has 2 aromatic rings. The van der Waals surface area contributed by atoms with E-state index >= 15 is 0 Å². The van der Waals surface area contributed by atoms with Crippen LogP contribution in [0.4, 0.5) is 5.69 Å². The summed E-state index contributed by atoms with van der Waals surface area (Å²) in [5, 5.41) is 10.9. The van der Waals surface area contributed by atoms with Gasteiger partial charge in [0.1, 0.15) is 0 Å². The van der Waals surface area contributed by atoms with Crippen LogP contribution in [0.5, 0.6) is 0 Å². The second-order valence-corrected chi connectivity index (χ2v) is 8.20. The van der Waals surface area contributed by atoms with Crippen molar-refractivity contribution in [3.05, 3.63) is 40.3 Å².